The van der Waals surface area contributed by atoms with Gasteiger partial charge in [0.25, 0.3) is 0 Å². The highest BCUT2D eigenvalue weighted by Crippen LogP contribution is 2.33. The minimum Gasteiger partial charge on any atom is -0.392 e. The number of benzene rings is 1. The molecule has 0 aliphatic heterocycles. The average molecular weight is 274 g/mol. The first-order valence-corrected chi connectivity index (χ1v) is 8.25. The Morgan fingerprint density at radius 3 is 3.00 bits per heavy atom. The van der Waals surface area contributed by atoms with Gasteiger partial charge in [-0.3, -0.25) is 0 Å². The molecule has 0 radical (unpaired) electrons. The second-order valence-electron chi connectivity index (χ2n) is 6.06. The number of thiophene rings is 1. The molecule has 0 spiro atoms. The summed E-state index contributed by atoms with van der Waals surface area (Å²) in [6.45, 7) is 2.32. The zero-order valence-electron chi connectivity index (χ0n) is 11.5. The van der Waals surface area contributed by atoms with Gasteiger partial charge in [0.15, 0.2) is 0 Å². The van der Waals surface area contributed by atoms with Crippen molar-refractivity contribution in [2.24, 2.45) is 11.8 Å². The molecule has 1 saturated carbocycles. The largest absolute Gasteiger partial charge is 0.392 e. The van der Waals surface area contributed by atoms with Gasteiger partial charge in [-0.15, -0.1) is 11.3 Å². The van der Waals surface area contributed by atoms with Crippen LogP contribution in [0, 0.1) is 11.8 Å². The fourth-order valence-corrected chi connectivity index (χ4v) is 4.39. The molecule has 1 fully saturated rings. The first kappa shape index (κ1) is 13.1. The average Bonchev–Trinajstić information content (AvgIpc) is 2.82. The van der Waals surface area contributed by atoms with Crippen LogP contribution in [0.15, 0.2) is 29.6 Å². The zero-order valence-corrected chi connectivity index (χ0v) is 12.3. The standard InChI is InChI=1S/C17H22OS/c1-12-5-4-6-13(9-12)16(18)10-14-11-19-17-8-3-2-7-15(14)17/h2-3,7-8,11-13,16,18H,4-6,9-10H2,1H3. The Morgan fingerprint density at radius 1 is 1.32 bits per heavy atom. The molecule has 0 bridgehead atoms. The minimum atomic E-state index is -0.166. The third-order valence-electron chi connectivity index (χ3n) is 4.51. The maximum absolute atomic E-state index is 10.5. The van der Waals surface area contributed by atoms with Crippen molar-refractivity contribution in [3.63, 3.8) is 0 Å². The molecule has 3 unspecified atom stereocenters. The lowest BCUT2D eigenvalue weighted by Gasteiger charge is -2.30. The van der Waals surface area contributed by atoms with Gasteiger partial charge in [0, 0.05) is 11.1 Å². The van der Waals surface area contributed by atoms with Crippen LogP contribution in [-0.4, -0.2) is 11.2 Å². The van der Waals surface area contributed by atoms with Crippen LogP contribution in [0.25, 0.3) is 10.1 Å². The molecular formula is C17H22OS. The fraction of sp³-hybridized carbons (Fsp3) is 0.529. The summed E-state index contributed by atoms with van der Waals surface area (Å²) < 4.78 is 1.33. The van der Waals surface area contributed by atoms with Gasteiger partial charge in [-0.2, -0.15) is 0 Å². The molecular weight excluding hydrogens is 252 g/mol. The number of rotatable bonds is 3. The summed E-state index contributed by atoms with van der Waals surface area (Å²) in [5, 5.41) is 14.1. The summed E-state index contributed by atoms with van der Waals surface area (Å²) in [6, 6.07) is 8.52. The lowest BCUT2D eigenvalue weighted by Crippen LogP contribution is -2.27. The van der Waals surface area contributed by atoms with Crippen LogP contribution in [-0.2, 0) is 6.42 Å². The molecule has 3 atom stereocenters. The van der Waals surface area contributed by atoms with Gasteiger partial charge in [-0.05, 0) is 47.1 Å². The summed E-state index contributed by atoms with van der Waals surface area (Å²) in [7, 11) is 0. The third kappa shape index (κ3) is 2.85. The Kier molecular flexibility index (Phi) is 3.90. The summed E-state index contributed by atoms with van der Waals surface area (Å²) in [5.41, 5.74) is 1.33. The van der Waals surface area contributed by atoms with Crippen LogP contribution in [0.2, 0.25) is 0 Å². The second-order valence-corrected chi connectivity index (χ2v) is 6.97. The predicted octanol–water partition coefficient (Wildman–Crippen LogP) is 4.63. The van der Waals surface area contributed by atoms with Crippen LogP contribution < -0.4 is 0 Å². The molecule has 19 heavy (non-hydrogen) atoms. The van der Waals surface area contributed by atoms with Crippen molar-refractivity contribution in [2.45, 2.75) is 45.1 Å². The van der Waals surface area contributed by atoms with Crippen molar-refractivity contribution in [3.05, 3.63) is 35.2 Å². The van der Waals surface area contributed by atoms with E-state index in [0.29, 0.717) is 5.92 Å². The Bertz CT molecular complexity index is 545. The van der Waals surface area contributed by atoms with Gasteiger partial charge in [0.2, 0.25) is 0 Å². The number of hydrogen-bond acceptors (Lipinski definition) is 2. The maximum Gasteiger partial charge on any atom is 0.0609 e. The van der Waals surface area contributed by atoms with Crippen LogP contribution in [0.1, 0.15) is 38.2 Å². The van der Waals surface area contributed by atoms with Crippen LogP contribution >= 0.6 is 11.3 Å². The lowest BCUT2D eigenvalue weighted by molar-refractivity contribution is 0.0723. The Hall–Kier alpha value is -0.860. The van der Waals surface area contributed by atoms with Gasteiger partial charge in [0.05, 0.1) is 6.10 Å². The van der Waals surface area contributed by atoms with E-state index >= 15 is 0 Å². The highest BCUT2D eigenvalue weighted by atomic mass is 32.1. The van der Waals surface area contributed by atoms with E-state index in [2.05, 4.69) is 36.6 Å². The molecule has 102 valence electrons. The van der Waals surface area contributed by atoms with Gasteiger partial charge in [-0.25, -0.2) is 0 Å². The number of aliphatic hydroxyl groups is 1. The van der Waals surface area contributed by atoms with E-state index in [1.54, 1.807) is 11.3 Å². The molecule has 1 aliphatic rings. The van der Waals surface area contributed by atoms with Gasteiger partial charge in [-0.1, -0.05) is 38.0 Å². The van der Waals surface area contributed by atoms with Crippen molar-refractivity contribution < 1.29 is 5.11 Å². The molecule has 2 aromatic rings. The van der Waals surface area contributed by atoms with Crippen molar-refractivity contribution in [3.8, 4) is 0 Å². The quantitative estimate of drug-likeness (QED) is 0.865. The topological polar surface area (TPSA) is 20.2 Å². The van der Waals surface area contributed by atoms with E-state index in [0.717, 1.165) is 12.3 Å². The molecule has 0 saturated heterocycles. The highest BCUT2D eigenvalue weighted by molar-refractivity contribution is 7.17. The van der Waals surface area contributed by atoms with Gasteiger partial charge < -0.3 is 5.11 Å². The molecule has 1 aromatic heterocycles. The zero-order chi connectivity index (χ0) is 13.2. The molecule has 1 heterocycles. The summed E-state index contributed by atoms with van der Waals surface area (Å²) >= 11 is 1.79. The van der Waals surface area contributed by atoms with Crippen molar-refractivity contribution in [2.75, 3.05) is 0 Å². The third-order valence-corrected chi connectivity index (χ3v) is 5.52. The second kappa shape index (κ2) is 5.64. The van der Waals surface area contributed by atoms with Crippen LogP contribution in [0.3, 0.4) is 0 Å². The van der Waals surface area contributed by atoms with Gasteiger partial charge in [0.1, 0.15) is 0 Å². The van der Waals surface area contributed by atoms with E-state index in [-0.39, 0.29) is 6.10 Å². The number of aliphatic hydroxyl groups excluding tert-OH is 1. The first-order chi connectivity index (χ1) is 9.24. The maximum atomic E-state index is 10.5. The van der Waals surface area contributed by atoms with E-state index in [1.807, 2.05) is 0 Å². The lowest BCUT2D eigenvalue weighted by atomic mass is 9.78. The van der Waals surface area contributed by atoms with E-state index in [1.165, 1.54) is 41.3 Å². The molecule has 0 amide bonds. The summed E-state index contributed by atoms with van der Waals surface area (Å²) in [6.07, 6.45) is 5.68. The highest BCUT2D eigenvalue weighted by Gasteiger charge is 2.25. The Balaban J connectivity index is 1.73. The minimum absolute atomic E-state index is 0.166. The summed E-state index contributed by atoms with van der Waals surface area (Å²) in [5.74, 6) is 1.29. The van der Waals surface area contributed by atoms with E-state index < -0.39 is 0 Å². The van der Waals surface area contributed by atoms with E-state index in [9.17, 15) is 5.11 Å². The molecule has 1 aliphatic carbocycles. The molecule has 1 aromatic carbocycles. The SMILES string of the molecule is CC1CCCC(C(O)Cc2csc3ccccc23)C1. The van der Waals surface area contributed by atoms with Crippen molar-refractivity contribution in [1.29, 1.82) is 0 Å². The molecule has 3 rings (SSSR count). The number of hydrogen-bond donors (Lipinski definition) is 1. The predicted molar refractivity (Wildman–Crippen MR) is 82.7 cm³/mol. The van der Waals surface area contributed by atoms with Crippen LogP contribution in [0.5, 0.6) is 0 Å². The molecule has 2 heteroatoms. The van der Waals surface area contributed by atoms with E-state index in [4.69, 9.17) is 0 Å². The Labute approximate surface area is 119 Å². The Morgan fingerprint density at radius 2 is 2.16 bits per heavy atom. The number of fused-ring (bicyclic) bond motifs is 1. The van der Waals surface area contributed by atoms with Gasteiger partial charge >= 0.3 is 0 Å². The van der Waals surface area contributed by atoms with Crippen molar-refractivity contribution in [1.82, 2.24) is 0 Å². The monoisotopic (exact) mass is 274 g/mol. The van der Waals surface area contributed by atoms with Crippen molar-refractivity contribution >= 4 is 21.4 Å². The fourth-order valence-electron chi connectivity index (χ4n) is 3.41. The van der Waals surface area contributed by atoms with Crippen LogP contribution in [0.4, 0.5) is 0 Å². The molecule has 1 nitrogen and oxygen atoms in total. The smallest absolute Gasteiger partial charge is 0.0609 e. The molecule has 1 N–H and O–H groups in total. The first-order valence-electron chi connectivity index (χ1n) is 7.37. The normalized spacial score (nSPS) is 25.6. The summed E-state index contributed by atoms with van der Waals surface area (Å²) in [4.78, 5) is 0.